The second-order valence-corrected chi connectivity index (χ2v) is 3.07. The van der Waals surface area contributed by atoms with Crippen LogP contribution in [0.3, 0.4) is 0 Å². The molecule has 0 saturated heterocycles. The molecular weight excluding hydrogens is 180 g/mol. The lowest BCUT2D eigenvalue weighted by atomic mass is 10.4. The topological polar surface area (TPSA) is 64.3 Å². The van der Waals surface area contributed by atoms with Gasteiger partial charge in [-0.1, -0.05) is 0 Å². The van der Waals surface area contributed by atoms with E-state index in [4.69, 9.17) is 10.5 Å². The zero-order valence-corrected chi connectivity index (χ0v) is 8.60. The van der Waals surface area contributed by atoms with E-state index in [2.05, 4.69) is 9.97 Å². The van der Waals surface area contributed by atoms with Crippen LogP contribution in [0.15, 0.2) is 12.5 Å². The number of anilines is 2. The van der Waals surface area contributed by atoms with Crippen LogP contribution >= 0.6 is 0 Å². The molecular formula is C9H16N4O. The predicted molar refractivity (Wildman–Crippen MR) is 56.2 cm³/mol. The number of nitrogens with zero attached hydrogens (tertiary/aromatic N) is 3. The number of hydrogen-bond donors (Lipinski definition) is 1. The third-order valence-electron chi connectivity index (χ3n) is 1.92. The summed E-state index contributed by atoms with van der Waals surface area (Å²) in [6.45, 7) is 1.62. The maximum absolute atomic E-state index is 5.73. The van der Waals surface area contributed by atoms with Crippen LogP contribution < -0.4 is 10.6 Å². The molecule has 2 N–H and O–H groups in total. The Bertz CT molecular complexity index is 279. The van der Waals surface area contributed by atoms with Crippen molar-refractivity contribution in [2.24, 2.45) is 0 Å². The first kappa shape index (κ1) is 10.7. The van der Waals surface area contributed by atoms with Crippen LogP contribution in [0.1, 0.15) is 6.42 Å². The average Bonchev–Trinajstić information content (AvgIpc) is 2.18. The zero-order valence-electron chi connectivity index (χ0n) is 8.60. The van der Waals surface area contributed by atoms with E-state index < -0.39 is 0 Å². The summed E-state index contributed by atoms with van der Waals surface area (Å²) in [5, 5.41) is 0. The third-order valence-corrected chi connectivity index (χ3v) is 1.92. The van der Waals surface area contributed by atoms with Crippen molar-refractivity contribution in [2.45, 2.75) is 6.42 Å². The molecule has 0 saturated carbocycles. The first-order valence-electron chi connectivity index (χ1n) is 4.51. The smallest absolute Gasteiger partial charge is 0.154 e. The summed E-state index contributed by atoms with van der Waals surface area (Å²) in [5.41, 5.74) is 6.33. The maximum atomic E-state index is 5.73. The molecule has 0 aliphatic carbocycles. The first-order valence-corrected chi connectivity index (χ1v) is 4.51. The summed E-state index contributed by atoms with van der Waals surface area (Å²) in [6, 6.07) is 0. The van der Waals surface area contributed by atoms with Crippen LogP contribution in [0, 0.1) is 0 Å². The lowest BCUT2D eigenvalue weighted by Crippen LogP contribution is -2.22. The van der Waals surface area contributed by atoms with Gasteiger partial charge in [0.15, 0.2) is 5.82 Å². The molecule has 1 heterocycles. The minimum absolute atomic E-state index is 0.604. The first-order chi connectivity index (χ1) is 6.75. The number of hydrogen-bond acceptors (Lipinski definition) is 5. The van der Waals surface area contributed by atoms with E-state index in [1.807, 2.05) is 11.9 Å². The number of ether oxygens (including phenoxy) is 1. The predicted octanol–water partition coefficient (Wildman–Crippen LogP) is 0.531. The molecule has 5 nitrogen and oxygen atoms in total. The van der Waals surface area contributed by atoms with Crippen LogP contribution in [0.2, 0.25) is 0 Å². The van der Waals surface area contributed by atoms with Crippen molar-refractivity contribution >= 4 is 11.5 Å². The van der Waals surface area contributed by atoms with Crippen molar-refractivity contribution in [2.75, 3.05) is 37.9 Å². The lowest BCUT2D eigenvalue weighted by molar-refractivity contribution is 0.196. The lowest BCUT2D eigenvalue weighted by Gasteiger charge is -2.18. The van der Waals surface area contributed by atoms with Crippen LogP contribution in [0.5, 0.6) is 0 Å². The number of rotatable bonds is 5. The summed E-state index contributed by atoms with van der Waals surface area (Å²) >= 11 is 0. The standard InChI is InChI=1S/C9H16N4O/c1-13(4-3-5-14-2)9-8(10)6-11-7-12-9/h6-7H,3-5,10H2,1-2H3. The van der Waals surface area contributed by atoms with Gasteiger partial charge in [0.05, 0.1) is 11.9 Å². The molecule has 78 valence electrons. The van der Waals surface area contributed by atoms with E-state index in [0.717, 1.165) is 25.4 Å². The van der Waals surface area contributed by atoms with Gasteiger partial charge in [-0.15, -0.1) is 0 Å². The molecule has 0 radical (unpaired) electrons. The fourth-order valence-electron chi connectivity index (χ4n) is 1.20. The summed E-state index contributed by atoms with van der Waals surface area (Å²) in [6.07, 6.45) is 4.06. The molecule has 0 spiro atoms. The van der Waals surface area contributed by atoms with Crippen molar-refractivity contribution in [3.8, 4) is 0 Å². The molecule has 0 aromatic carbocycles. The van der Waals surface area contributed by atoms with Gasteiger partial charge >= 0.3 is 0 Å². The minimum atomic E-state index is 0.604. The molecule has 0 fully saturated rings. The quantitative estimate of drug-likeness (QED) is 0.696. The molecule has 0 atom stereocenters. The van der Waals surface area contributed by atoms with Gasteiger partial charge in [-0.05, 0) is 6.42 Å². The van der Waals surface area contributed by atoms with Crippen molar-refractivity contribution in [3.63, 3.8) is 0 Å². The van der Waals surface area contributed by atoms with Gasteiger partial charge in [0.1, 0.15) is 6.33 Å². The van der Waals surface area contributed by atoms with Crippen molar-refractivity contribution in [1.82, 2.24) is 9.97 Å². The number of methoxy groups -OCH3 is 1. The molecule has 14 heavy (non-hydrogen) atoms. The van der Waals surface area contributed by atoms with Gasteiger partial charge in [0, 0.05) is 27.3 Å². The van der Waals surface area contributed by atoms with E-state index in [1.165, 1.54) is 6.33 Å². The second-order valence-electron chi connectivity index (χ2n) is 3.07. The summed E-state index contributed by atoms with van der Waals surface area (Å²) in [5.74, 6) is 0.774. The van der Waals surface area contributed by atoms with E-state index in [-0.39, 0.29) is 0 Å². The molecule has 0 aliphatic rings. The molecule has 5 heteroatoms. The van der Waals surface area contributed by atoms with E-state index in [0.29, 0.717) is 5.69 Å². The number of nitrogen functional groups attached to an aromatic ring is 1. The Morgan fingerprint density at radius 1 is 1.57 bits per heavy atom. The largest absolute Gasteiger partial charge is 0.394 e. The van der Waals surface area contributed by atoms with Crippen LogP contribution in [0.4, 0.5) is 11.5 Å². The molecule has 0 unspecified atom stereocenters. The molecule has 0 aliphatic heterocycles. The van der Waals surface area contributed by atoms with Crippen molar-refractivity contribution in [3.05, 3.63) is 12.5 Å². The monoisotopic (exact) mass is 196 g/mol. The fourth-order valence-corrected chi connectivity index (χ4v) is 1.20. The SMILES string of the molecule is COCCCN(C)c1ncncc1N. The molecule has 1 aromatic heterocycles. The molecule has 0 bridgehead atoms. The Kier molecular flexibility index (Phi) is 4.12. The van der Waals surface area contributed by atoms with Crippen LogP contribution in [-0.4, -0.2) is 37.3 Å². The summed E-state index contributed by atoms with van der Waals surface area (Å²) in [4.78, 5) is 9.94. The van der Waals surface area contributed by atoms with E-state index in [1.54, 1.807) is 13.3 Å². The number of nitrogens with two attached hydrogens (primary N) is 1. The van der Waals surface area contributed by atoms with Crippen molar-refractivity contribution < 1.29 is 4.74 Å². The highest BCUT2D eigenvalue weighted by molar-refractivity contribution is 5.60. The highest BCUT2D eigenvalue weighted by Crippen LogP contribution is 2.15. The number of aromatic nitrogens is 2. The third kappa shape index (κ3) is 2.85. The van der Waals surface area contributed by atoms with Gasteiger partial charge in [-0.2, -0.15) is 0 Å². The highest BCUT2D eigenvalue weighted by atomic mass is 16.5. The van der Waals surface area contributed by atoms with Gasteiger partial charge in [0.2, 0.25) is 0 Å². The average molecular weight is 196 g/mol. The highest BCUT2D eigenvalue weighted by Gasteiger charge is 2.05. The van der Waals surface area contributed by atoms with E-state index >= 15 is 0 Å². The summed E-state index contributed by atoms with van der Waals surface area (Å²) in [7, 11) is 3.65. The summed E-state index contributed by atoms with van der Waals surface area (Å²) < 4.78 is 4.97. The Hall–Kier alpha value is -1.36. The minimum Gasteiger partial charge on any atom is -0.394 e. The van der Waals surface area contributed by atoms with Gasteiger partial charge in [-0.25, -0.2) is 9.97 Å². The maximum Gasteiger partial charge on any atom is 0.154 e. The zero-order chi connectivity index (χ0) is 10.4. The van der Waals surface area contributed by atoms with Gasteiger partial charge in [-0.3, -0.25) is 0 Å². The van der Waals surface area contributed by atoms with Crippen molar-refractivity contribution in [1.29, 1.82) is 0 Å². The van der Waals surface area contributed by atoms with E-state index in [9.17, 15) is 0 Å². The second kappa shape index (κ2) is 5.39. The normalized spacial score (nSPS) is 10.1. The van der Waals surface area contributed by atoms with Crippen LogP contribution in [0.25, 0.3) is 0 Å². The van der Waals surface area contributed by atoms with Gasteiger partial charge < -0.3 is 15.4 Å². The Balaban J connectivity index is 2.51. The Morgan fingerprint density at radius 2 is 2.36 bits per heavy atom. The van der Waals surface area contributed by atoms with Crippen LogP contribution in [-0.2, 0) is 4.74 Å². The fraction of sp³-hybridized carbons (Fsp3) is 0.556. The van der Waals surface area contributed by atoms with Gasteiger partial charge in [0.25, 0.3) is 0 Å². The molecule has 1 rings (SSSR count). The Labute approximate surface area is 83.9 Å². The molecule has 1 aromatic rings. The Morgan fingerprint density at radius 3 is 3.00 bits per heavy atom. The molecule has 0 amide bonds.